The van der Waals surface area contributed by atoms with Crippen LogP contribution in [0.3, 0.4) is 0 Å². The van der Waals surface area contributed by atoms with E-state index >= 15 is 0 Å². The maximum atomic E-state index is 13.3. The lowest BCUT2D eigenvalue weighted by atomic mass is 10.3. The van der Waals surface area contributed by atoms with Gasteiger partial charge in [-0.15, -0.1) is 0 Å². The molecule has 0 fully saturated rings. The van der Waals surface area contributed by atoms with Crippen LogP contribution in [0.15, 0.2) is 36.5 Å². The molecule has 0 atom stereocenters. The number of aromatic nitrogens is 2. The Kier molecular flexibility index (Phi) is 2.30. The van der Waals surface area contributed by atoms with Crippen molar-refractivity contribution in [3.63, 3.8) is 0 Å². The normalized spacial score (nSPS) is 10.3. The van der Waals surface area contributed by atoms with E-state index in [0.29, 0.717) is 3.57 Å². The van der Waals surface area contributed by atoms with Crippen molar-refractivity contribution in [3.8, 4) is 5.69 Å². The monoisotopic (exact) mass is 288 g/mol. The Morgan fingerprint density at radius 1 is 1.23 bits per heavy atom. The highest BCUT2D eigenvalue weighted by atomic mass is 127. The maximum Gasteiger partial charge on any atom is 0.229 e. The molecule has 0 saturated carbocycles. The van der Waals surface area contributed by atoms with Gasteiger partial charge in [0.15, 0.2) is 0 Å². The molecule has 1 aromatic carbocycles. The van der Waals surface area contributed by atoms with Crippen LogP contribution in [0.1, 0.15) is 0 Å². The zero-order valence-corrected chi connectivity index (χ0v) is 8.77. The quantitative estimate of drug-likeness (QED) is 0.738. The predicted octanol–water partition coefficient (Wildman–Crippen LogP) is 2.62. The molecule has 2 rings (SSSR count). The van der Waals surface area contributed by atoms with Crippen molar-refractivity contribution in [1.82, 2.24) is 9.78 Å². The maximum absolute atomic E-state index is 13.3. The first-order valence-corrected chi connectivity index (χ1v) is 4.81. The van der Waals surface area contributed by atoms with Gasteiger partial charge >= 0.3 is 0 Å². The van der Waals surface area contributed by atoms with Gasteiger partial charge in [0.2, 0.25) is 5.95 Å². The van der Waals surface area contributed by atoms with E-state index in [2.05, 4.69) is 5.10 Å². The summed E-state index contributed by atoms with van der Waals surface area (Å²) in [7, 11) is 0. The molecule has 0 bridgehead atoms. The largest absolute Gasteiger partial charge is 0.229 e. The molecule has 0 spiro atoms. The highest BCUT2D eigenvalue weighted by Crippen LogP contribution is 2.14. The average molecular weight is 288 g/mol. The SMILES string of the molecule is Fc1c(I)cnn1-c1ccccc1. The van der Waals surface area contributed by atoms with Crippen molar-refractivity contribution in [2.24, 2.45) is 0 Å². The van der Waals surface area contributed by atoms with Crippen molar-refractivity contribution in [2.45, 2.75) is 0 Å². The summed E-state index contributed by atoms with van der Waals surface area (Å²) in [6, 6.07) is 9.21. The zero-order chi connectivity index (χ0) is 9.26. The zero-order valence-electron chi connectivity index (χ0n) is 6.61. The van der Waals surface area contributed by atoms with Crippen LogP contribution in [0.25, 0.3) is 5.69 Å². The second-order valence-electron chi connectivity index (χ2n) is 2.53. The molecule has 1 aromatic heterocycles. The van der Waals surface area contributed by atoms with Gasteiger partial charge < -0.3 is 0 Å². The fraction of sp³-hybridized carbons (Fsp3) is 0. The van der Waals surface area contributed by atoms with Crippen molar-refractivity contribution in [3.05, 3.63) is 46.0 Å². The molecule has 0 aliphatic carbocycles. The van der Waals surface area contributed by atoms with E-state index in [1.807, 2.05) is 52.9 Å². The molecule has 0 N–H and O–H groups in total. The summed E-state index contributed by atoms with van der Waals surface area (Å²) in [5.41, 5.74) is 0.739. The Labute approximate surface area is 88.5 Å². The lowest BCUT2D eigenvalue weighted by Gasteiger charge is -2.00. The third-order valence-electron chi connectivity index (χ3n) is 1.67. The molecule has 0 radical (unpaired) electrons. The van der Waals surface area contributed by atoms with Gasteiger partial charge in [-0.3, -0.25) is 0 Å². The third-order valence-corrected chi connectivity index (χ3v) is 2.39. The molecule has 0 saturated heterocycles. The molecule has 0 aliphatic rings. The molecular weight excluding hydrogens is 282 g/mol. The minimum absolute atomic E-state index is 0.313. The van der Waals surface area contributed by atoms with Gasteiger partial charge in [0.1, 0.15) is 0 Å². The summed E-state index contributed by atoms with van der Waals surface area (Å²) in [5.74, 6) is -0.313. The smallest absolute Gasteiger partial charge is 0.206 e. The van der Waals surface area contributed by atoms with Gasteiger partial charge in [-0.05, 0) is 34.7 Å². The predicted molar refractivity (Wildman–Crippen MR) is 56.2 cm³/mol. The van der Waals surface area contributed by atoms with E-state index < -0.39 is 0 Å². The molecule has 0 amide bonds. The molecular formula is C9H6FIN2. The van der Waals surface area contributed by atoms with Crippen LogP contribution in [-0.2, 0) is 0 Å². The Morgan fingerprint density at radius 2 is 1.92 bits per heavy atom. The van der Waals surface area contributed by atoms with Crippen LogP contribution in [0.5, 0.6) is 0 Å². The number of hydrogen-bond donors (Lipinski definition) is 0. The van der Waals surface area contributed by atoms with Gasteiger partial charge in [0.25, 0.3) is 0 Å². The first-order valence-electron chi connectivity index (χ1n) is 3.73. The van der Waals surface area contributed by atoms with Crippen molar-refractivity contribution in [2.75, 3.05) is 0 Å². The Morgan fingerprint density at radius 3 is 2.46 bits per heavy atom. The summed E-state index contributed by atoms with van der Waals surface area (Å²) < 4.78 is 15.1. The van der Waals surface area contributed by atoms with E-state index in [1.165, 1.54) is 10.9 Å². The van der Waals surface area contributed by atoms with Crippen LogP contribution in [0.4, 0.5) is 4.39 Å². The summed E-state index contributed by atoms with van der Waals surface area (Å²) >= 11 is 1.91. The van der Waals surface area contributed by atoms with Crippen LogP contribution in [0, 0.1) is 9.52 Å². The van der Waals surface area contributed by atoms with E-state index in [1.54, 1.807) is 0 Å². The molecule has 1 heterocycles. The average Bonchev–Trinajstić information content (AvgIpc) is 2.49. The first kappa shape index (κ1) is 8.68. The Bertz CT molecular complexity index is 411. The molecule has 0 unspecified atom stereocenters. The molecule has 2 nitrogen and oxygen atoms in total. The molecule has 66 valence electrons. The van der Waals surface area contributed by atoms with Crippen molar-refractivity contribution < 1.29 is 4.39 Å². The Hall–Kier alpha value is -0.910. The molecule has 0 aliphatic heterocycles. The summed E-state index contributed by atoms with van der Waals surface area (Å²) in [5, 5.41) is 3.92. The summed E-state index contributed by atoms with van der Waals surface area (Å²) in [6.45, 7) is 0. The van der Waals surface area contributed by atoms with Crippen LogP contribution < -0.4 is 0 Å². The van der Waals surface area contributed by atoms with Crippen LogP contribution in [-0.4, -0.2) is 9.78 Å². The number of para-hydroxylation sites is 1. The number of halogens is 2. The first-order chi connectivity index (χ1) is 6.29. The number of hydrogen-bond acceptors (Lipinski definition) is 1. The van der Waals surface area contributed by atoms with Gasteiger partial charge in [-0.25, -0.2) is 4.68 Å². The highest BCUT2D eigenvalue weighted by Gasteiger charge is 2.07. The lowest BCUT2D eigenvalue weighted by molar-refractivity contribution is 0.531. The van der Waals surface area contributed by atoms with E-state index in [9.17, 15) is 4.39 Å². The van der Waals surface area contributed by atoms with E-state index in [-0.39, 0.29) is 5.95 Å². The summed E-state index contributed by atoms with van der Waals surface area (Å²) in [4.78, 5) is 0. The van der Waals surface area contributed by atoms with Crippen molar-refractivity contribution in [1.29, 1.82) is 0 Å². The number of rotatable bonds is 1. The Balaban J connectivity index is 2.53. The van der Waals surface area contributed by atoms with Crippen molar-refractivity contribution >= 4 is 22.6 Å². The van der Waals surface area contributed by atoms with Gasteiger partial charge in [-0.1, -0.05) is 18.2 Å². The highest BCUT2D eigenvalue weighted by molar-refractivity contribution is 14.1. The second kappa shape index (κ2) is 3.45. The fourth-order valence-electron chi connectivity index (χ4n) is 1.06. The standard InChI is InChI=1S/C9H6FIN2/c10-9-8(11)6-12-13(9)7-4-2-1-3-5-7/h1-6H. The lowest BCUT2D eigenvalue weighted by Crippen LogP contribution is -1.99. The second-order valence-corrected chi connectivity index (χ2v) is 3.69. The summed E-state index contributed by atoms with van der Waals surface area (Å²) in [6.07, 6.45) is 1.50. The number of nitrogens with zero attached hydrogens (tertiary/aromatic N) is 2. The van der Waals surface area contributed by atoms with Crippen LogP contribution >= 0.6 is 22.6 Å². The van der Waals surface area contributed by atoms with E-state index in [0.717, 1.165) is 5.69 Å². The van der Waals surface area contributed by atoms with E-state index in [4.69, 9.17) is 0 Å². The molecule has 13 heavy (non-hydrogen) atoms. The number of benzene rings is 1. The third kappa shape index (κ3) is 1.58. The minimum atomic E-state index is -0.313. The van der Waals surface area contributed by atoms with Crippen LogP contribution in [0.2, 0.25) is 0 Å². The molecule has 4 heteroatoms. The van der Waals surface area contributed by atoms with Gasteiger partial charge in [0, 0.05) is 0 Å². The van der Waals surface area contributed by atoms with Gasteiger partial charge in [0.05, 0.1) is 15.5 Å². The van der Waals surface area contributed by atoms with Gasteiger partial charge in [-0.2, -0.15) is 9.49 Å². The topological polar surface area (TPSA) is 17.8 Å². The minimum Gasteiger partial charge on any atom is -0.206 e. The molecule has 2 aromatic rings. The fourth-order valence-corrected chi connectivity index (χ4v) is 1.42.